The largest absolute Gasteiger partial charge is 0.369 e. The normalized spacial score (nSPS) is 21.7. The molecular weight excluding hydrogens is 400 g/mol. The van der Waals surface area contributed by atoms with Crippen LogP contribution in [0.3, 0.4) is 0 Å². The highest BCUT2D eigenvalue weighted by molar-refractivity contribution is 5.80. The average Bonchev–Trinajstić information content (AvgIpc) is 3.20. The van der Waals surface area contributed by atoms with Gasteiger partial charge >= 0.3 is 0 Å². The van der Waals surface area contributed by atoms with Crippen molar-refractivity contribution in [3.05, 3.63) is 70.1 Å². The lowest BCUT2D eigenvalue weighted by atomic mass is 10.0. The third-order valence-corrected chi connectivity index (χ3v) is 6.80. The lowest BCUT2D eigenvalue weighted by molar-refractivity contribution is -0.592. The first-order valence-corrected chi connectivity index (χ1v) is 11.9. The van der Waals surface area contributed by atoms with E-state index in [1.165, 1.54) is 16.8 Å². The topological polar surface area (TPSA) is 55.7 Å². The van der Waals surface area contributed by atoms with Crippen molar-refractivity contribution < 1.29 is 9.55 Å². The number of nitrogens with zero attached hydrogens (tertiary/aromatic N) is 3. The summed E-state index contributed by atoms with van der Waals surface area (Å²) in [4.78, 5) is 29.7. The zero-order valence-electron chi connectivity index (χ0n) is 19.3. The van der Waals surface area contributed by atoms with Gasteiger partial charge in [-0.15, -0.1) is 0 Å². The number of nitrogens with one attached hydrogen (secondary N) is 1. The van der Waals surface area contributed by atoms with E-state index in [2.05, 4.69) is 70.6 Å². The molecule has 32 heavy (non-hydrogen) atoms. The molecule has 1 amide bonds. The molecule has 0 aromatic heterocycles. The summed E-state index contributed by atoms with van der Waals surface area (Å²) in [6.45, 7) is 9.93. The molecule has 4 rings (SSSR count). The molecule has 0 saturated carbocycles. The molecule has 2 aliphatic heterocycles. The Morgan fingerprint density at radius 3 is 2.50 bits per heavy atom. The summed E-state index contributed by atoms with van der Waals surface area (Å²) in [7, 11) is 0. The van der Waals surface area contributed by atoms with Crippen molar-refractivity contribution in [1.82, 2.24) is 10.2 Å². The molecule has 0 spiro atoms. The fourth-order valence-corrected chi connectivity index (χ4v) is 4.89. The Hall–Kier alpha value is -2.73. The first-order chi connectivity index (χ1) is 15.5. The molecule has 2 unspecified atom stereocenters. The van der Waals surface area contributed by atoms with Gasteiger partial charge in [-0.2, -0.15) is 0 Å². The Kier molecular flexibility index (Phi) is 7.20. The first kappa shape index (κ1) is 22.5. The number of carbonyl (C=O) groups excluding carboxylic acids is 1. The van der Waals surface area contributed by atoms with Gasteiger partial charge in [0.15, 0.2) is 0 Å². The van der Waals surface area contributed by atoms with Crippen LogP contribution in [0, 0.1) is 11.8 Å². The lowest BCUT2D eigenvalue weighted by Crippen LogP contribution is -2.47. The number of rotatable bonds is 7. The second-order valence-corrected chi connectivity index (χ2v) is 9.02. The number of piperazine rings is 1. The van der Waals surface area contributed by atoms with E-state index in [-0.39, 0.29) is 11.9 Å². The van der Waals surface area contributed by atoms with Gasteiger partial charge in [0.05, 0.1) is 0 Å². The summed E-state index contributed by atoms with van der Waals surface area (Å²) in [6.07, 6.45) is 2.37. The molecule has 2 aromatic rings. The zero-order valence-corrected chi connectivity index (χ0v) is 19.3. The van der Waals surface area contributed by atoms with Gasteiger partial charge in [-0.1, -0.05) is 36.4 Å². The summed E-state index contributed by atoms with van der Waals surface area (Å²) in [6, 6.07) is 16.4. The molecule has 2 heterocycles. The van der Waals surface area contributed by atoms with Crippen molar-refractivity contribution in [3.63, 3.8) is 0 Å². The SMILES string of the molecule is CCNC(=O)C1CCC(c2ccc(CCN3CCN(c4cccc(C)c4)CC3)cc2)[N+]1=O. The average molecular weight is 436 g/mol. The maximum absolute atomic E-state index is 12.6. The number of aryl methyl sites for hydroxylation is 1. The highest BCUT2D eigenvalue weighted by Crippen LogP contribution is 2.32. The monoisotopic (exact) mass is 435 g/mol. The molecular formula is C26H35N4O2+. The molecule has 1 N–H and O–H groups in total. The Labute approximate surface area is 191 Å². The van der Waals surface area contributed by atoms with E-state index in [1.807, 2.05) is 6.92 Å². The predicted octanol–water partition coefficient (Wildman–Crippen LogP) is 3.48. The second-order valence-electron chi connectivity index (χ2n) is 9.02. The van der Waals surface area contributed by atoms with Crippen molar-refractivity contribution >= 4 is 11.6 Å². The van der Waals surface area contributed by atoms with Gasteiger partial charge in [-0.3, -0.25) is 9.69 Å². The van der Waals surface area contributed by atoms with Crippen LogP contribution in [0.1, 0.15) is 42.5 Å². The minimum Gasteiger partial charge on any atom is -0.369 e. The van der Waals surface area contributed by atoms with Crippen LogP contribution in [-0.4, -0.2) is 60.9 Å². The molecule has 2 atom stereocenters. The van der Waals surface area contributed by atoms with Gasteiger partial charge < -0.3 is 10.2 Å². The van der Waals surface area contributed by atoms with Crippen LogP contribution in [0.25, 0.3) is 0 Å². The number of hydrogen-bond donors (Lipinski definition) is 1. The predicted molar refractivity (Wildman–Crippen MR) is 128 cm³/mol. The highest BCUT2D eigenvalue weighted by Gasteiger charge is 2.46. The van der Waals surface area contributed by atoms with E-state index in [1.54, 1.807) is 0 Å². The third-order valence-electron chi connectivity index (χ3n) is 6.80. The minimum atomic E-state index is -0.557. The molecule has 0 aliphatic carbocycles. The summed E-state index contributed by atoms with van der Waals surface area (Å²) >= 11 is 0. The van der Waals surface area contributed by atoms with Gasteiger partial charge in [0, 0.05) is 73.0 Å². The maximum Gasteiger partial charge on any atom is 0.293 e. The Morgan fingerprint density at radius 1 is 1.06 bits per heavy atom. The molecule has 2 saturated heterocycles. The van der Waals surface area contributed by atoms with Crippen LogP contribution < -0.4 is 10.2 Å². The van der Waals surface area contributed by atoms with Crippen molar-refractivity contribution in [2.45, 2.75) is 45.2 Å². The van der Waals surface area contributed by atoms with Gasteiger partial charge in [0.25, 0.3) is 11.9 Å². The molecule has 170 valence electrons. The van der Waals surface area contributed by atoms with Crippen LogP contribution in [0.5, 0.6) is 0 Å². The highest BCUT2D eigenvalue weighted by atomic mass is 16.3. The summed E-state index contributed by atoms with van der Waals surface area (Å²) in [5.41, 5.74) is 4.95. The first-order valence-electron chi connectivity index (χ1n) is 11.9. The van der Waals surface area contributed by atoms with Crippen LogP contribution >= 0.6 is 0 Å². The lowest BCUT2D eigenvalue weighted by Gasteiger charge is -2.36. The van der Waals surface area contributed by atoms with E-state index >= 15 is 0 Å². The van der Waals surface area contributed by atoms with Crippen LogP contribution in [0.2, 0.25) is 0 Å². The van der Waals surface area contributed by atoms with Crippen LogP contribution in [0.4, 0.5) is 5.69 Å². The van der Waals surface area contributed by atoms with Crippen molar-refractivity contribution in [1.29, 1.82) is 0 Å². The number of hydrogen-bond acceptors (Lipinski definition) is 4. The fourth-order valence-electron chi connectivity index (χ4n) is 4.89. The van der Waals surface area contributed by atoms with Gasteiger partial charge in [0.2, 0.25) is 6.04 Å². The van der Waals surface area contributed by atoms with Crippen molar-refractivity contribution in [2.24, 2.45) is 0 Å². The van der Waals surface area contributed by atoms with Crippen LogP contribution in [0.15, 0.2) is 48.5 Å². The molecule has 2 aliphatic rings. The Morgan fingerprint density at radius 2 is 1.81 bits per heavy atom. The fraction of sp³-hybridized carbons (Fsp3) is 0.500. The van der Waals surface area contributed by atoms with E-state index in [0.717, 1.165) is 55.9 Å². The molecule has 2 fully saturated rings. The van der Waals surface area contributed by atoms with Gasteiger partial charge in [-0.05, 0) is 43.5 Å². The minimum absolute atomic E-state index is 0.149. The molecule has 0 radical (unpaired) electrons. The molecule has 6 nitrogen and oxygen atoms in total. The van der Waals surface area contributed by atoms with E-state index in [4.69, 9.17) is 0 Å². The smallest absolute Gasteiger partial charge is 0.293 e. The number of carbonyl (C=O) groups is 1. The standard InChI is InChI=1S/C26H34N4O2/c1-3-27-26(31)25-12-11-24(30(25)32)22-9-7-21(8-10-22)13-14-28-15-17-29(18-16-28)23-6-4-5-20(2)19-23/h4-10,19,24-25H,3,11-18H2,1-2H3/p+1. The van der Waals surface area contributed by atoms with Gasteiger partial charge in [0.1, 0.15) is 0 Å². The molecule has 0 bridgehead atoms. The summed E-state index contributed by atoms with van der Waals surface area (Å²) in [5.74, 6) is -0.149. The molecule has 6 heteroatoms. The number of likely N-dealkylation sites (N-methyl/N-ethyl adjacent to an activating group) is 1. The van der Waals surface area contributed by atoms with Crippen LogP contribution in [-0.2, 0) is 11.2 Å². The van der Waals surface area contributed by atoms with Crippen molar-refractivity contribution in [2.75, 3.05) is 44.2 Å². The number of benzene rings is 2. The second kappa shape index (κ2) is 10.3. The third kappa shape index (κ3) is 5.18. The van der Waals surface area contributed by atoms with E-state index < -0.39 is 6.04 Å². The number of nitroso groups, excluding NO2 is 1. The Balaban J connectivity index is 1.25. The van der Waals surface area contributed by atoms with Crippen molar-refractivity contribution in [3.8, 4) is 0 Å². The maximum atomic E-state index is 12.6. The van der Waals surface area contributed by atoms with Gasteiger partial charge in [-0.25, -0.2) is 0 Å². The molecule has 2 aromatic carbocycles. The quantitative estimate of drug-likeness (QED) is 0.677. The zero-order chi connectivity index (χ0) is 22.5. The summed E-state index contributed by atoms with van der Waals surface area (Å²) in [5, 5.41) is 2.77. The van der Waals surface area contributed by atoms with E-state index in [9.17, 15) is 9.70 Å². The Bertz CT molecular complexity index is 935. The van der Waals surface area contributed by atoms with E-state index in [0.29, 0.717) is 13.0 Å². The number of anilines is 1. The number of amides is 1. The summed E-state index contributed by atoms with van der Waals surface area (Å²) < 4.78 is 0.994.